The number of amides is 2. The van der Waals surface area contributed by atoms with Crippen molar-refractivity contribution in [3.63, 3.8) is 0 Å². The van der Waals surface area contributed by atoms with Gasteiger partial charge in [-0.05, 0) is 36.4 Å². The van der Waals surface area contributed by atoms with Crippen LogP contribution in [-0.2, 0) is 9.59 Å². The zero-order chi connectivity index (χ0) is 18.7. The van der Waals surface area contributed by atoms with Gasteiger partial charge < -0.3 is 4.90 Å². The van der Waals surface area contributed by atoms with Crippen LogP contribution in [0.15, 0.2) is 52.0 Å². The topological polar surface area (TPSA) is 61.8 Å². The second-order valence-corrected chi connectivity index (χ2v) is 7.54. The first-order valence-corrected chi connectivity index (χ1v) is 9.33. The summed E-state index contributed by atoms with van der Waals surface area (Å²) in [4.78, 5) is 26.1. The summed E-state index contributed by atoms with van der Waals surface area (Å²) in [7, 11) is 0. The van der Waals surface area contributed by atoms with Crippen molar-refractivity contribution in [1.29, 1.82) is 0 Å². The van der Waals surface area contributed by atoms with Gasteiger partial charge >= 0.3 is 0 Å². The van der Waals surface area contributed by atoms with Crippen LogP contribution in [0, 0.1) is 5.92 Å². The average Bonchev–Trinajstić information content (AvgIpc) is 2.99. The molecule has 26 heavy (non-hydrogen) atoms. The maximum atomic E-state index is 12.3. The van der Waals surface area contributed by atoms with Gasteiger partial charge in [-0.25, -0.2) is 5.43 Å². The molecule has 0 bridgehead atoms. The van der Waals surface area contributed by atoms with E-state index in [1.54, 1.807) is 23.1 Å². The third-order valence-corrected chi connectivity index (χ3v) is 5.07. The van der Waals surface area contributed by atoms with Gasteiger partial charge in [-0.15, -0.1) is 0 Å². The minimum Gasteiger partial charge on any atom is -0.312 e. The van der Waals surface area contributed by atoms with Crippen molar-refractivity contribution in [2.24, 2.45) is 11.0 Å². The molecular weight excluding hydrogens is 441 g/mol. The molecule has 0 saturated carbocycles. The number of anilines is 1. The molecular formula is C18H14BrCl2N3O2. The number of carbonyl (C=O) groups is 2. The van der Waals surface area contributed by atoms with E-state index in [2.05, 4.69) is 26.5 Å². The van der Waals surface area contributed by atoms with Crippen LogP contribution in [0.1, 0.15) is 12.0 Å². The number of hydrogen-bond donors (Lipinski definition) is 1. The second kappa shape index (κ2) is 8.20. The summed E-state index contributed by atoms with van der Waals surface area (Å²) in [5, 5.41) is 4.88. The fourth-order valence-corrected chi connectivity index (χ4v) is 3.34. The summed E-state index contributed by atoms with van der Waals surface area (Å²) in [6.07, 6.45) is 1.60. The van der Waals surface area contributed by atoms with E-state index in [0.29, 0.717) is 22.2 Å². The number of carbonyl (C=O) groups excluding carboxylic acids is 2. The van der Waals surface area contributed by atoms with Gasteiger partial charge in [0.05, 0.1) is 17.2 Å². The lowest BCUT2D eigenvalue weighted by Gasteiger charge is -2.16. The monoisotopic (exact) mass is 453 g/mol. The van der Waals surface area contributed by atoms with Crippen LogP contribution in [0.5, 0.6) is 0 Å². The standard InChI is InChI=1S/C18H14BrCl2N3O2/c19-13-2-5-15(6-3-13)24-10-12(7-17(24)25)18(26)23-22-9-11-1-4-14(20)8-16(11)21/h1-6,8-9,12H,7,10H2,(H,23,26)/b22-9-/t12-/m1/s1. The number of hydrogen-bond acceptors (Lipinski definition) is 3. The van der Waals surface area contributed by atoms with E-state index in [4.69, 9.17) is 23.2 Å². The number of nitrogens with zero attached hydrogens (tertiary/aromatic N) is 2. The maximum absolute atomic E-state index is 12.3. The van der Waals surface area contributed by atoms with E-state index in [1.807, 2.05) is 24.3 Å². The Morgan fingerprint density at radius 2 is 1.96 bits per heavy atom. The smallest absolute Gasteiger partial charge is 0.245 e. The van der Waals surface area contributed by atoms with Gasteiger partial charge in [0.1, 0.15) is 0 Å². The Bertz CT molecular complexity index is 871. The van der Waals surface area contributed by atoms with E-state index >= 15 is 0 Å². The number of rotatable bonds is 4. The Morgan fingerprint density at radius 3 is 2.65 bits per heavy atom. The Hall–Kier alpha value is -1.89. The maximum Gasteiger partial charge on any atom is 0.245 e. The molecule has 8 heteroatoms. The molecule has 134 valence electrons. The number of benzene rings is 2. The van der Waals surface area contributed by atoms with Crippen molar-refractivity contribution >= 4 is 62.8 Å². The van der Waals surface area contributed by atoms with Crippen molar-refractivity contribution < 1.29 is 9.59 Å². The molecule has 1 saturated heterocycles. The molecule has 1 N–H and O–H groups in total. The predicted octanol–water partition coefficient (Wildman–Crippen LogP) is 4.26. The molecule has 2 aromatic rings. The largest absolute Gasteiger partial charge is 0.312 e. The lowest BCUT2D eigenvalue weighted by Crippen LogP contribution is -2.30. The van der Waals surface area contributed by atoms with Gasteiger partial charge in [-0.1, -0.05) is 45.2 Å². The van der Waals surface area contributed by atoms with Crippen LogP contribution in [0.4, 0.5) is 5.69 Å². The van der Waals surface area contributed by atoms with E-state index in [0.717, 1.165) is 10.2 Å². The van der Waals surface area contributed by atoms with Gasteiger partial charge in [-0.3, -0.25) is 9.59 Å². The van der Waals surface area contributed by atoms with Crippen LogP contribution >= 0.6 is 39.1 Å². The highest BCUT2D eigenvalue weighted by Crippen LogP contribution is 2.26. The summed E-state index contributed by atoms with van der Waals surface area (Å²) in [6.45, 7) is 0.323. The fraction of sp³-hybridized carbons (Fsp3) is 0.167. The Morgan fingerprint density at radius 1 is 1.23 bits per heavy atom. The zero-order valence-electron chi connectivity index (χ0n) is 13.5. The molecule has 0 unspecified atom stereocenters. The molecule has 0 aromatic heterocycles. The highest BCUT2D eigenvalue weighted by atomic mass is 79.9. The molecule has 0 aliphatic carbocycles. The van der Waals surface area contributed by atoms with Crippen LogP contribution in [0.3, 0.4) is 0 Å². The summed E-state index contributed by atoms with van der Waals surface area (Å²) in [6, 6.07) is 12.4. The molecule has 3 rings (SSSR count). The third kappa shape index (κ3) is 4.44. The minimum atomic E-state index is -0.455. The Kier molecular flexibility index (Phi) is 5.96. The fourth-order valence-electron chi connectivity index (χ4n) is 2.62. The van der Waals surface area contributed by atoms with Gasteiger partial charge in [-0.2, -0.15) is 5.10 Å². The van der Waals surface area contributed by atoms with Gasteiger partial charge in [0.15, 0.2) is 0 Å². The highest BCUT2D eigenvalue weighted by Gasteiger charge is 2.35. The third-order valence-electron chi connectivity index (χ3n) is 3.98. The molecule has 0 spiro atoms. The van der Waals surface area contributed by atoms with Crippen molar-refractivity contribution in [1.82, 2.24) is 5.43 Å². The van der Waals surface area contributed by atoms with Crippen LogP contribution in [0.25, 0.3) is 0 Å². The van der Waals surface area contributed by atoms with Crippen LogP contribution in [0.2, 0.25) is 10.0 Å². The van der Waals surface area contributed by atoms with Gasteiger partial charge in [0.2, 0.25) is 11.8 Å². The van der Waals surface area contributed by atoms with E-state index in [9.17, 15) is 9.59 Å². The first kappa shape index (κ1) is 18.9. The van der Waals surface area contributed by atoms with Crippen molar-refractivity contribution in [2.45, 2.75) is 6.42 Å². The Labute approximate surface area is 169 Å². The average molecular weight is 455 g/mol. The van der Waals surface area contributed by atoms with E-state index in [1.165, 1.54) is 6.21 Å². The summed E-state index contributed by atoms with van der Waals surface area (Å²) >= 11 is 15.2. The molecule has 2 aromatic carbocycles. The molecule has 0 radical (unpaired) electrons. The SMILES string of the molecule is O=C(N/N=C\c1ccc(Cl)cc1Cl)[C@@H]1CC(=O)N(c2ccc(Br)cc2)C1. The number of nitrogens with one attached hydrogen (secondary N) is 1. The molecule has 1 atom stereocenters. The lowest BCUT2D eigenvalue weighted by molar-refractivity contribution is -0.126. The summed E-state index contributed by atoms with van der Waals surface area (Å²) < 4.78 is 0.928. The highest BCUT2D eigenvalue weighted by molar-refractivity contribution is 9.10. The van der Waals surface area contributed by atoms with Gasteiger partial charge in [0, 0.05) is 33.7 Å². The lowest BCUT2D eigenvalue weighted by atomic mass is 10.1. The zero-order valence-corrected chi connectivity index (χ0v) is 16.6. The summed E-state index contributed by atoms with van der Waals surface area (Å²) in [5.41, 5.74) is 3.87. The Balaban J connectivity index is 1.61. The minimum absolute atomic E-state index is 0.0859. The van der Waals surface area contributed by atoms with E-state index in [-0.39, 0.29) is 18.2 Å². The quantitative estimate of drug-likeness (QED) is 0.554. The molecule has 5 nitrogen and oxygen atoms in total. The summed E-state index contributed by atoms with van der Waals surface area (Å²) in [5.74, 6) is -0.847. The van der Waals surface area contributed by atoms with Crippen LogP contribution in [-0.4, -0.2) is 24.6 Å². The number of hydrazone groups is 1. The first-order valence-electron chi connectivity index (χ1n) is 7.78. The molecule has 1 fully saturated rings. The number of halogens is 3. The van der Waals surface area contributed by atoms with E-state index < -0.39 is 5.92 Å². The molecule has 1 aliphatic rings. The van der Waals surface area contributed by atoms with Crippen molar-refractivity contribution in [2.75, 3.05) is 11.4 Å². The predicted molar refractivity (Wildman–Crippen MR) is 107 cm³/mol. The van der Waals surface area contributed by atoms with Crippen molar-refractivity contribution in [3.05, 3.63) is 62.5 Å². The second-order valence-electron chi connectivity index (χ2n) is 5.78. The molecule has 1 aliphatic heterocycles. The first-order chi connectivity index (χ1) is 12.4. The van der Waals surface area contributed by atoms with Gasteiger partial charge in [0.25, 0.3) is 0 Å². The molecule has 1 heterocycles. The normalized spacial score (nSPS) is 17.1. The van der Waals surface area contributed by atoms with Crippen molar-refractivity contribution in [3.8, 4) is 0 Å². The molecule has 2 amide bonds. The van der Waals surface area contributed by atoms with Crippen LogP contribution < -0.4 is 10.3 Å².